The third kappa shape index (κ3) is 3.97. The molecule has 0 aliphatic carbocycles. The molecule has 150 valence electrons. The number of methoxy groups -OCH3 is 1. The molecule has 6 heteroatoms. The van der Waals surface area contributed by atoms with E-state index in [4.69, 9.17) is 9.72 Å². The molecule has 1 heterocycles. The van der Waals surface area contributed by atoms with Crippen molar-refractivity contribution in [2.75, 3.05) is 30.4 Å². The van der Waals surface area contributed by atoms with Crippen LogP contribution < -0.4 is 15.0 Å². The minimum Gasteiger partial charge on any atom is -0.497 e. The first kappa shape index (κ1) is 20.5. The molecule has 28 heavy (non-hydrogen) atoms. The van der Waals surface area contributed by atoms with Crippen LogP contribution in [0.1, 0.15) is 32.3 Å². The summed E-state index contributed by atoms with van der Waals surface area (Å²) < 4.78 is 8.46. The van der Waals surface area contributed by atoms with Gasteiger partial charge in [-0.15, -0.1) is 0 Å². The van der Waals surface area contributed by atoms with Gasteiger partial charge in [0.1, 0.15) is 5.75 Å². The summed E-state index contributed by atoms with van der Waals surface area (Å²) in [4.78, 5) is 7.33. The fourth-order valence-corrected chi connectivity index (χ4v) is 4.25. The van der Waals surface area contributed by atoms with Gasteiger partial charge in [-0.25, -0.2) is 4.98 Å². The van der Waals surface area contributed by atoms with Crippen molar-refractivity contribution in [3.05, 3.63) is 40.4 Å². The molecule has 0 saturated carbocycles. The maximum absolute atomic E-state index is 5.36. The fraction of sp³-hybridized carbons (Fsp3) is 0.409. The maximum atomic E-state index is 5.36. The number of imidazole rings is 1. The molecule has 3 aromatic rings. The zero-order valence-electron chi connectivity index (χ0n) is 17.3. The van der Waals surface area contributed by atoms with Gasteiger partial charge in [0, 0.05) is 24.6 Å². The molecule has 0 aliphatic rings. The van der Waals surface area contributed by atoms with Crippen molar-refractivity contribution in [1.29, 1.82) is 0 Å². The van der Waals surface area contributed by atoms with Crippen molar-refractivity contribution in [1.82, 2.24) is 9.55 Å². The number of halogens is 1. The van der Waals surface area contributed by atoms with Crippen molar-refractivity contribution >= 4 is 44.3 Å². The van der Waals surface area contributed by atoms with Gasteiger partial charge in [-0.05, 0) is 65.5 Å². The number of nitrogens with zero attached hydrogens (tertiary/aromatic N) is 3. The van der Waals surface area contributed by atoms with Gasteiger partial charge in [0.25, 0.3) is 0 Å². The van der Waals surface area contributed by atoms with Gasteiger partial charge < -0.3 is 19.5 Å². The first-order valence-corrected chi connectivity index (χ1v) is 10.6. The Hall–Kier alpha value is -2.21. The van der Waals surface area contributed by atoms with Gasteiger partial charge in [0.15, 0.2) is 0 Å². The molecule has 1 aromatic heterocycles. The number of ether oxygens (including phenoxy) is 1. The lowest BCUT2D eigenvalue weighted by molar-refractivity contribution is 0.414. The second kappa shape index (κ2) is 8.86. The molecular weight excluding hydrogens is 416 g/mol. The number of rotatable bonds is 8. The lowest BCUT2D eigenvalue weighted by atomic mass is 10.2. The number of hydrogen-bond acceptors (Lipinski definition) is 4. The maximum Gasteiger partial charge on any atom is 0.208 e. The summed E-state index contributed by atoms with van der Waals surface area (Å²) >= 11 is 3.66. The summed E-state index contributed by atoms with van der Waals surface area (Å²) in [5, 5.41) is 3.51. The van der Waals surface area contributed by atoms with Crippen LogP contribution in [0.3, 0.4) is 0 Å². The van der Waals surface area contributed by atoms with Crippen molar-refractivity contribution in [2.24, 2.45) is 7.05 Å². The average Bonchev–Trinajstić information content (AvgIpc) is 3.00. The van der Waals surface area contributed by atoms with E-state index in [0.29, 0.717) is 0 Å². The lowest BCUT2D eigenvalue weighted by Crippen LogP contribution is -2.25. The zero-order chi connectivity index (χ0) is 20.3. The highest BCUT2D eigenvalue weighted by Gasteiger charge is 2.17. The molecule has 3 rings (SSSR count). The number of para-hydroxylation sites is 1. The molecule has 0 atom stereocenters. The Bertz CT molecular complexity index is 938. The van der Waals surface area contributed by atoms with Crippen LogP contribution in [0, 0.1) is 6.92 Å². The quantitative estimate of drug-likeness (QED) is 0.460. The molecule has 0 amide bonds. The highest BCUT2D eigenvalue weighted by Crippen LogP contribution is 2.35. The van der Waals surface area contributed by atoms with Crippen molar-refractivity contribution in [2.45, 2.75) is 33.6 Å². The summed E-state index contributed by atoms with van der Waals surface area (Å²) in [6, 6.07) is 10.4. The normalized spacial score (nSPS) is 11.1. The van der Waals surface area contributed by atoms with E-state index in [1.165, 1.54) is 5.69 Å². The van der Waals surface area contributed by atoms with E-state index < -0.39 is 0 Å². The van der Waals surface area contributed by atoms with E-state index in [1.807, 2.05) is 12.1 Å². The molecular formula is C22H29BrN4O. The second-order valence-corrected chi connectivity index (χ2v) is 7.91. The van der Waals surface area contributed by atoms with Crippen LogP contribution in [-0.2, 0) is 7.05 Å². The van der Waals surface area contributed by atoms with Crippen molar-refractivity contribution in [3.63, 3.8) is 0 Å². The zero-order valence-corrected chi connectivity index (χ0v) is 18.9. The second-order valence-electron chi connectivity index (χ2n) is 7.05. The highest BCUT2D eigenvalue weighted by molar-refractivity contribution is 9.10. The highest BCUT2D eigenvalue weighted by atomic mass is 79.9. The number of nitrogens with one attached hydrogen (secondary N) is 1. The largest absolute Gasteiger partial charge is 0.497 e. The van der Waals surface area contributed by atoms with E-state index in [9.17, 15) is 0 Å². The number of anilines is 3. The third-order valence-corrected chi connectivity index (χ3v) is 5.56. The van der Waals surface area contributed by atoms with Crippen LogP contribution in [-0.4, -0.2) is 29.8 Å². The van der Waals surface area contributed by atoms with Crippen LogP contribution >= 0.6 is 15.9 Å². The average molecular weight is 445 g/mol. The molecule has 5 nitrogen and oxygen atoms in total. The van der Waals surface area contributed by atoms with Gasteiger partial charge in [0.05, 0.1) is 29.5 Å². The number of benzene rings is 2. The standard InChI is InChI=1S/C22H29BrN4O/c1-6-11-27(12-7-2)19-10-8-9-18-21(19)26(4)22(24-18)25-20-15(3)13-16(28-5)14-17(20)23/h8-10,13-14H,6-7,11-12H2,1-5H3,(H,24,25). The monoisotopic (exact) mass is 444 g/mol. The van der Waals surface area contributed by atoms with E-state index in [-0.39, 0.29) is 0 Å². The van der Waals surface area contributed by atoms with Gasteiger partial charge in [0.2, 0.25) is 5.95 Å². The van der Waals surface area contributed by atoms with E-state index in [0.717, 1.165) is 64.4 Å². The minimum atomic E-state index is 0.823. The van der Waals surface area contributed by atoms with E-state index >= 15 is 0 Å². The van der Waals surface area contributed by atoms with Crippen LogP contribution in [0.15, 0.2) is 34.8 Å². The Morgan fingerprint density at radius 3 is 2.50 bits per heavy atom. The van der Waals surface area contributed by atoms with Gasteiger partial charge in [-0.3, -0.25) is 0 Å². The Balaban J connectivity index is 2.05. The van der Waals surface area contributed by atoms with Gasteiger partial charge in [-0.1, -0.05) is 19.9 Å². The molecule has 0 fully saturated rings. The Kier molecular flexibility index (Phi) is 6.50. The van der Waals surface area contributed by atoms with Gasteiger partial charge >= 0.3 is 0 Å². The van der Waals surface area contributed by atoms with E-state index in [2.05, 4.69) is 76.7 Å². The molecule has 0 radical (unpaired) electrons. The SMILES string of the molecule is CCCN(CCC)c1cccc2nc(Nc3c(C)cc(OC)cc3Br)n(C)c12. The predicted octanol–water partition coefficient (Wildman–Crippen LogP) is 6.02. The number of aromatic nitrogens is 2. The summed E-state index contributed by atoms with van der Waals surface area (Å²) in [6.07, 6.45) is 2.24. The molecule has 0 bridgehead atoms. The third-order valence-electron chi connectivity index (χ3n) is 4.93. The molecule has 0 unspecified atom stereocenters. The molecule has 0 spiro atoms. The van der Waals surface area contributed by atoms with E-state index in [1.54, 1.807) is 7.11 Å². The molecule has 1 N–H and O–H groups in total. The van der Waals surface area contributed by atoms with Crippen LogP contribution in [0.4, 0.5) is 17.3 Å². The summed E-state index contributed by atoms with van der Waals surface area (Å²) in [7, 11) is 3.75. The molecule has 0 aliphatic heterocycles. The topological polar surface area (TPSA) is 42.3 Å². The number of aryl methyl sites for hydroxylation is 2. The smallest absolute Gasteiger partial charge is 0.208 e. The van der Waals surface area contributed by atoms with Crippen LogP contribution in [0.25, 0.3) is 11.0 Å². The Labute approximate surface area is 175 Å². The number of fused-ring (bicyclic) bond motifs is 1. The van der Waals surface area contributed by atoms with Crippen LogP contribution in [0.2, 0.25) is 0 Å². The molecule has 2 aromatic carbocycles. The van der Waals surface area contributed by atoms with Crippen molar-refractivity contribution in [3.8, 4) is 5.75 Å². The first-order chi connectivity index (χ1) is 13.5. The predicted molar refractivity (Wildman–Crippen MR) is 122 cm³/mol. The number of hydrogen-bond donors (Lipinski definition) is 1. The first-order valence-electron chi connectivity index (χ1n) is 9.81. The minimum absolute atomic E-state index is 0.823. The summed E-state index contributed by atoms with van der Waals surface area (Å²) in [6.45, 7) is 8.61. The summed E-state index contributed by atoms with van der Waals surface area (Å²) in [5.74, 6) is 1.65. The lowest BCUT2D eigenvalue weighted by Gasteiger charge is -2.25. The van der Waals surface area contributed by atoms with Crippen molar-refractivity contribution < 1.29 is 4.74 Å². The Morgan fingerprint density at radius 1 is 1.18 bits per heavy atom. The summed E-state index contributed by atoms with van der Waals surface area (Å²) in [5.41, 5.74) is 5.50. The Morgan fingerprint density at radius 2 is 1.89 bits per heavy atom. The molecule has 0 saturated heterocycles. The van der Waals surface area contributed by atoms with Gasteiger partial charge in [-0.2, -0.15) is 0 Å². The fourth-order valence-electron chi connectivity index (χ4n) is 3.61. The van der Waals surface area contributed by atoms with Crippen LogP contribution in [0.5, 0.6) is 5.75 Å².